The minimum atomic E-state index is -0.425. The van der Waals surface area contributed by atoms with E-state index in [-0.39, 0.29) is 24.9 Å². The molecule has 0 spiro atoms. The largest absolute Gasteiger partial charge is 0.489 e. The van der Waals surface area contributed by atoms with Gasteiger partial charge >= 0.3 is 6.09 Å². The third kappa shape index (κ3) is 10.1. The van der Waals surface area contributed by atoms with E-state index >= 15 is 0 Å². The lowest BCUT2D eigenvalue weighted by Gasteiger charge is -2.33. The van der Waals surface area contributed by atoms with Crippen molar-refractivity contribution in [3.8, 4) is 11.5 Å². The lowest BCUT2D eigenvalue weighted by Crippen LogP contribution is -2.31. The van der Waals surface area contributed by atoms with Crippen molar-refractivity contribution < 1.29 is 23.7 Å². The Bertz CT molecular complexity index is 2250. The number of rotatable bonds is 17. The molecule has 6 aromatic rings. The Hall–Kier alpha value is -5.85. The zero-order chi connectivity index (χ0) is 41.7. The van der Waals surface area contributed by atoms with Crippen molar-refractivity contribution in [1.29, 1.82) is 0 Å². The first kappa shape index (κ1) is 40.9. The molecule has 60 heavy (non-hydrogen) atoms. The Kier molecular flexibility index (Phi) is 12.1. The minimum absolute atomic E-state index is 0.241. The molecule has 6 nitrogen and oxygen atoms in total. The van der Waals surface area contributed by atoms with Gasteiger partial charge in [0.05, 0.1) is 19.3 Å². The van der Waals surface area contributed by atoms with E-state index in [4.69, 9.17) is 18.9 Å². The first-order chi connectivity index (χ1) is 29.0. The summed E-state index contributed by atoms with van der Waals surface area (Å²) in [6.07, 6.45) is 3.28. The van der Waals surface area contributed by atoms with Crippen molar-refractivity contribution in [2.75, 3.05) is 26.8 Å². The van der Waals surface area contributed by atoms with Gasteiger partial charge in [0.15, 0.2) is 6.10 Å². The predicted molar refractivity (Wildman–Crippen MR) is 239 cm³/mol. The van der Waals surface area contributed by atoms with Gasteiger partial charge in [-0.1, -0.05) is 159 Å². The number of nitrogens with zero attached hydrogens (tertiary/aromatic N) is 1. The molecule has 6 heteroatoms. The normalized spacial score (nSPS) is 16.4. The highest BCUT2D eigenvalue weighted by Crippen LogP contribution is 2.43. The number of carbonyl (C=O) groups is 1. The third-order valence-electron chi connectivity index (χ3n) is 11.8. The molecule has 2 fully saturated rings. The summed E-state index contributed by atoms with van der Waals surface area (Å²) in [6.45, 7) is 10.6. The Labute approximate surface area is 356 Å². The average Bonchev–Trinajstić information content (AvgIpc) is 3.99. The van der Waals surface area contributed by atoms with Crippen LogP contribution in [0.5, 0.6) is 11.5 Å². The van der Waals surface area contributed by atoms with E-state index in [1.807, 2.05) is 0 Å². The molecule has 2 saturated heterocycles. The second kappa shape index (κ2) is 17.8. The average molecular weight is 800 g/mol. The van der Waals surface area contributed by atoms with Crippen LogP contribution < -0.4 is 9.47 Å². The quantitative estimate of drug-likeness (QED) is 0.0860. The highest BCUT2D eigenvalue weighted by molar-refractivity contribution is 5.69. The summed E-state index contributed by atoms with van der Waals surface area (Å²) in [5.74, 6) is 1.82. The molecule has 1 amide bonds. The Morgan fingerprint density at radius 1 is 0.583 bits per heavy atom. The Morgan fingerprint density at radius 2 is 0.967 bits per heavy atom. The van der Waals surface area contributed by atoms with E-state index < -0.39 is 11.0 Å². The molecule has 2 aliphatic rings. The van der Waals surface area contributed by atoms with E-state index in [9.17, 15) is 4.79 Å². The summed E-state index contributed by atoms with van der Waals surface area (Å²) >= 11 is 0. The van der Waals surface area contributed by atoms with Gasteiger partial charge in [-0.3, -0.25) is 0 Å². The lowest BCUT2D eigenvalue weighted by atomic mass is 9.74. The van der Waals surface area contributed by atoms with Gasteiger partial charge in [-0.25, -0.2) is 4.79 Å². The summed E-state index contributed by atoms with van der Waals surface area (Å²) < 4.78 is 25.3. The molecule has 0 saturated carbocycles. The van der Waals surface area contributed by atoms with E-state index in [1.54, 1.807) is 11.9 Å². The van der Waals surface area contributed by atoms with Crippen LogP contribution in [0.2, 0.25) is 0 Å². The number of amides is 1. The Morgan fingerprint density at radius 3 is 1.32 bits per heavy atom. The van der Waals surface area contributed by atoms with Gasteiger partial charge in [0.2, 0.25) is 0 Å². The number of hydrogen-bond acceptors (Lipinski definition) is 5. The standard InChI is InChI=1S/C54H57NO5/c1-53(2,34-48-36-57-48)60-51-44(28-40-22-14-8-15-23-40)32-47(33-45(51)29-41-24-16-9-17-25-41)54(3,4)46-30-42(26-38-18-10-6-11-19-38)50(58-37-49-35-55(5)52(56)59-49)43(31-46)27-39-20-12-7-13-21-39/h6-25,30-33,48-49H,26-29,34-37H2,1-5H3. The zero-order valence-electron chi connectivity index (χ0n) is 35.7. The summed E-state index contributed by atoms with van der Waals surface area (Å²) in [7, 11) is 1.76. The second-order valence-electron chi connectivity index (χ2n) is 17.7. The summed E-state index contributed by atoms with van der Waals surface area (Å²) in [5.41, 5.74) is 11.0. The highest BCUT2D eigenvalue weighted by Gasteiger charge is 2.35. The van der Waals surface area contributed by atoms with Gasteiger partial charge in [0.25, 0.3) is 0 Å². The fourth-order valence-corrected chi connectivity index (χ4v) is 8.47. The van der Waals surface area contributed by atoms with E-state index in [2.05, 4.69) is 173 Å². The van der Waals surface area contributed by atoms with Gasteiger partial charge < -0.3 is 23.8 Å². The van der Waals surface area contributed by atoms with Crippen LogP contribution in [0.25, 0.3) is 0 Å². The third-order valence-corrected chi connectivity index (χ3v) is 11.8. The number of cyclic esters (lactones) is 1. The number of likely N-dealkylation sites (N-methyl/N-ethyl adjacent to an activating group) is 1. The maximum Gasteiger partial charge on any atom is 0.410 e. The maximum absolute atomic E-state index is 12.3. The molecule has 2 atom stereocenters. The zero-order valence-corrected chi connectivity index (χ0v) is 35.7. The summed E-state index contributed by atoms with van der Waals surface area (Å²) in [6, 6.07) is 52.1. The van der Waals surface area contributed by atoms with Crippen molar-refractivity contribution in [1.82, 2.24) is 4.90 Å². The molecule has 2 unspecified atom stereocenters. The number of ether oxygens (including phenoxy) is 4. The van der Waals surface area contributed by atoms with Crippen LogP contribution in [0.4, 0.5) is 4.79 Å². The van der Waals surface area contributed by atoms with Crippen molar-refractivity contribution >= 4 is 6.09 Å². The molecule has 0 bridgehead atoms. The molecule has 6 aromatic carbocycles. The predicted octanol–water partition coefficient (Wildman–Crippen LogP) is 11.2. The van der Waals surface area contributed by atoms with Gasteiger partial charge in [-0.05, 0) is 69.5 Å². The SMILES string of the molecule is CN1CC(COc2c(Cc3ccccc3)cc(C(C)(C)c3cc(Cc4ccccc4)c(OC(C)(C)CC4CO4)c(Cc4ccccc4)c3)cc2Cc2ccccc2)OC1=O. The molecule has 2 aliphatic heterocycles. The smallest absolute Gasteiger partial charge is 0.410 e. The molecule has 308 valence electrons. The monoisotopic (exact) mass is 799 g/mol. The first-order valence-electron chi connectivity index (χ1n) is 21.3. The van der Waals surface area contributed by atoms with Crippen LogP contribution in [-0.4, -0.2) is 55.6 Å². The highest BCUT2D eigenvalue weighted by atomic mass is 16.6. The topological polar surface area (TPSA) is 60.5 Å². The number of benzene rings is 6. The van der Waals surface area contributed by atoms with Crippen molar-refractivity contribution in [3.63, 3.8) is 0 Å². The first-order valence-corrected chi connectivity index (χ1v) is 21.3. The van der Waals surface area contributed by atoms with Crippen LogP contribution in [0.15, 0.2) is 146 Å². The molecule has 2 heterocycles. The van der Waals surface area contributed by atoms with E-state index in [1.165, 1.54) is 44.5 Å². The molecule has 0 radical (unpaired) electrons. The van der Waals surface area contributed by atoms with Crippen LogP contribution in [0.3, 0.4) is 0 Å². The van der Waals surface area contributed by atoms with Crippen LogP contribution in [-0.2, 0) is 40.6 Å². The van der Waals surface area contributed by atoms with Crippen molar-refractivity contribution in [2.24, 2.45) is 0 Å². The fourth-order valence-electron chi connectivity index (χ4n) is 8.47. The van der Waals surface area contributed by atoms with Crippen molar-refractivity contribution in [3.05, 3.63) is 201 Å². The summed E-state index contributed by atoms with van der Waals surface area (Å²) in [5, 5.41) is 0. The number of epoxide rings is 1. The fraction of sp³-hybridized carbons (Fsp3) is 0.315. The molecule has 8 rings (SSSR count). The Balaban J connectivity index is 1.27. The van der Waals surface area contributed by atoms with Gasteiger partial charge in [-0.15, -0.1) is 0 Å². The van der Waals surface area contributed by atoms with Crippen LogP contribution in [0, 0.1) is 0 Å². The van der Waals surface area contributed by atoms with Gasteiger partial charge in [0.1, 0.15) is 23.7 Å². The lowest BCUT2D eigenvalue weighted by molar-refractivity contribution is 0.0873. The number of carbonyl (C=O) groups excluding carboxylic acids is 1. The molecule has 0 aliphatic carbocycles. The van der Waals surface area contributed by atoms with Crippen LogP contribution in [0.1, 0.15) is 89.8 Å². The van der Waals surface area contributed by atoms with Crippen molar-refractivity contribution in [2.45, 2.75) is 83.0 Å². The van der Waals surface area contributed by atoms with Crippen LogP contribution >= 0.6 is 0 Å². The number of hydrogen-bond donors (Lipinski definition) is 0. The van der Waals surface area contributed by atoms with E-state index in [0.29, 0.717) is 19.4 Å². The molecular formula is C54H57NO5. The maximum atomic E-state index is 12.3. The van der Waals surface area contributed by atoms with Gasteiger partial charge in [-0.2, -0.15) is 0 Å². The molecule has 0 aromatic heterocycles. The molecule has 0 N–H and O–H groups in total. The summed E-state index contributed by atoms with van der Waals surface area (Å²) in [4.78, 5) is 13.9. The van der Waals surface area contributed by atoms with Gasteiger partial charge in [0, 0.05) is 44.6 Å². The molecular weight excluding hydrogens is 743 g/mol. The van der Waals surface area contributed by atoms with E-state index in [0.717, 1.165) is 48.5 Å². The second-order valence-corrected chi connectivity index (χ2v) is 17.7. The minimum Gasteiger partial charge on any atom is -0.489 e.